The number of imide groups is 2. The Morgan fingerprint density at radius 3 is 1.93 bits per heavy atom. The Morgan fingerprint density at radius 1 is 0.721 bits per heavy atom. The van der Waals surface area contributed by atoms with E-state index in [1.165, 1.54) is 6.08 Å². The van der Waals surface area contributed by atoms with Crippen LogP contribution in [0, 0.1) is 0 Å². The van der Waals surface area contributed by atoms with Gasteiger partial charge in [-0.3, -0.25) is 14.9 Å². The molecule has 0 bridgehead atoms. The maximum Gasteiger partial charge on any atom is 0.335 e. The minimum Gasteiger partial charge on any atom is -0.490 e. The maximum absolute atomic E-state index is 13.4. The number of halogens is 2. The fourth-order valence-electron chi connectivity index (χ4n) is 4.24. The number of hydrogen-bond donors (Lipinski definition) is 1. The molecule has 0 radical (unpaired) electrons. The van der Waals surface area contributed by atoms with Gasteiger partial charge in [-0.1, -0.05) is 53.5 Å². The summed E-state index contributed by atoms with van der Waals surface area (Å²) in [6, 6.07) is 25.2. The molecule has 1 heterocycles. The van der Waals surface area contributed by atoms with E-state index < -0.39 is 17.8 Å². The highest BCUT2D eigenvalue weighted by atomic mass is 35.5. The van der Waals surface area contributed by atoms with Crippen molar-refractivity contribution in [2.75, 3.05) is 11.5 Å². The lowest BCUT2D eigenvalue weighted by Gasteiger charge is -2.26. The van der Waals surface area contributed by atoms with Crippen LogP contribution in [0.2, 0.25) is 10.0 Å². The van der Waals surface area contributed by atoms with E-state index in [1.54, 1.807) is 66.7 Å². The minimum atomic E-state index is -0.845. The average Bonchev–Trinajstić information content (AvgIpc) is 3.00. The number of hydrogen-bond acceptors (Lipinski definition) is 6. The lowest BCUT2D eigenvalue weighted by atomic mass is 10.1. The summed E-state index contributed by atoms with van der Waals surface area (Å²) in [6.07, 6.45) is 1.41. The predicted octanol–water partition coefficient (Wildman–Crippen LogP) is 7.22. The van der Waals surface area contributed by atoms with E-state index in [4.69, 9.17) is 37.4 Å². The van der Waals surface area contributed by atoms with E-state index >= 15 is 0 Å². The van der Waals surface area contributed by atoms with Crippen LogP contribution >= 0.6 is 23.2 Å². The molecular formula is C33H26Cl2N2O6. The summed E-state index contributed by atoms with van der Waals surface area (Å²) in [5.41, 5.74) is 2.44. The highest BCUT2D eigenvalue weighted by molar-refractivity contribution is 6.39. The van der Waals surface area contributed by atoms with Crippen LogP contribution in [0.15, 0.2) is 96.6 Å². The second-order valence-corrected chi connectivity index (χ2v) is 10.3. The van der Waals surface area contributed by atoms with Crippen molar-refractivity contribution in [3.8, 4) is 17.2 Å². The van der Waals surface area contributed by atoms with Crippen LogP contribution in [-0.4, -0.2) is 24.5 Å². The van der Waals surface area contributed by atoms with E-state index in [0.717, 1.165) is 16.0 Å². The molecule has 0 spiro atoms. The molecular weight excluding hydrogens is 591 g/mol. The Hall–Kier alpha value is -4.79. The van der Waals surface area contributed by atoms with Crippen LogP contribution in [0.4, 0.5) is 10.5 Å². The Labute approximate surface area is 258 Å². The number of anilines is 1. The summed E-state index contributed by atoms with van der Waals surface area (Å²) in [6.45, 7) is 2.82. The largest absolute Gasteiger partial charge is 0.490 e. The topological polar surface area (TPSA) is 94.2 Å². The third-order valence-electron chi connectivity index (χ3n) is 6.40. The monoisotopic (exact) mass is 616 g/mol. The fourth-order valence-corrected chi connectivity index (χ4v) is 4.49. The fraction of sp³-hybridized carbons (Fsp3) is 0.121. The lowest BCUT2D eigenvalue weighted by molar-refractivity contribution is -0.122. The minimum absolute atomic E-state index is 0.208. The third kappa shape index (κ3) is 7.35. The van der Waals surface area contributed by atoms with Crippen LogP contribution in [0.1, 0.15) is 23.6 Å². The number of carbonyl (C=O) groups is 3. The van der Waals surface area contributed by atoms with E-state index in [9.17, 15) is 14.4 Å². The van der Waals surface area contributed by atoms with Crippen LogP contribution < -0.4 is 24.4 Å². The standard InChI is InChI=1S/C33H26Cl2N2O6/c1-2-41-30-18-23(7-16-29(30)43-20-22-5-10-25(35)11-6-22)17-28-31(38)36-33(40)37(32(28)39)26-12-14-27(15-13-26)42-19-21-3-8-24(34)9-4-21/h3-18H,2,19-20H2,1H3,(H,36,38,40)/b28-17+. The summed E-state index contributed by atoms with van der Waals surface area (Å²) < 4.78 is 17.5. The van der Waals surface area contributed by atoms with Gasteiger partial charge >= 0.3 is 6.03 Å². The molecule has 10 heteroatoms. The number of nitrogens with one attached hydrogen (secondary N) is 1. The zero-order chi connectivity index (χ0) is 30.3. The third-order valence-corrected chi connectivity index (χ3v) is 6.91. The smallest absolute Gasteiger partial charge is 0.335 e. The first-order valence-electron chi connectivity index (χ1n) is 13.3. The molecule has 1 fully saturated rings. The molecule has 1 aliphatic rings. The normalized spacial score (nSPS) is 14.1. The lowest BCUT2D eigenvalue weighted by Crippen LogP contribution is -2.54. The quantitative estimate of drug-likeness (QED) is 0.149. The van der Waals surface area contributed by atoms with Crippen LogP contribution in [-0.2, 0) is 22.8 Å². The summed E-state index contributed by atoms with van der Waals surface area (Å²) in [5.74, 6) is -0.0813. The number of carbonyl (C=O) groups excluding carboxylic acids is 3. The van der Waals surface area contributed by atoms with Crippen molar-refractivity contribution in [2.45, 2.75) is 20.1 Å². The summed E-state index contributed by atoms with van der Waals surface area (Å²) in [5, 5.41) is 3.51. The molecule has 0 aliphatic carbocycles. The van der Waals surface area contributed by atoms with Gasteiger partial charge in [0.2, 0.25) is 0 Å². The Bertz CT molecular complexity index is 1670. The van der Waals surface area contributed by atoms with Crippen molar-refractivity contribution in [2.24, 2.45) is 0 Å². The summed E-state index contributed by atoms with van der Waals surface area (Å²) in [7, 11) is 0. The van der Waals surface area contributed by atoms with Crippen molar-refractivity contribution < 1.29 is 28.6 Å². The first kappa shape index (κ1) is 29.7. The average molecular weight is 617 g/mol. The second kappa shape index (κ2) is 13.5. The molecule has 0 unspecified atom stereocenters. The molecule has 4 aromatic carbocycles. The van der Waals surface area contributed by atoms with Gasteiger partial charge in [0.05, 0.1) is 12.3 Å². The van der Waals surface area contributed by atoms with Crippen LogP contribution in [0.3, 0.4) is 0 Å². The molecule has 1 aliphatic heterocycles. The van der Waals surface area contributed by atoms with Crippen molar-refractivity contribution in [3.63, 3.8) is 0 Å². The SMILES string of the molecule is CCOc1cc(/C=C2\C(=O)NC(=O)N(c3ccc(OCc4ccc(Cl)cc4)cc3)C2=O)ccc1OCc1ccc(Cl)cc1. The van der Waals surface area contributed by atoms with Gasteiger partial charge in [0.1, 0.15) is 24.5 Å². The van der Waals surface area contributed by atoms with E-state index in [1.807, 2.05) is 31.2 Å². The molecule has 4 aromatic rings. The number of rotatable bonds is 10. The van der Waals surface area contributed by atoms with Gasteiger partial charge in [0.15, 0.2) is 11.5 Å². The molecule has 218 valence electrons. The van der Waals surface area contributed by atoms with Crippen molar-refractivity contribution >= 4 is 52.8 Å². The number of ether oxygens (including phenoxy) is 3. The maximum atomic E-state index is 13.4. The molecule has 1 N–H and O–H groups in total. The van der Waals surface area contributed by atoms with Gasteiger partial charge in [-0.05, 0) is 90.4 Å². The Kier molecular flexibility index (Phi) is 9.29. The summed E-state index contributed by atoms with van der Waals surface area (Å²) in [4.78, 5) is 39.7. The first-order chi connectivity index (χ1) is 20.8. The van der Waals surface area contributed by atoms with Crippen LogP contribution in [0.25, 0.3) is 6.08 Å². The molecule has 4 amide bonds. The highest BCUT2D eigenvalue weighted by Gasteiger charge is 2.36. The Balaban J connectivity index is 1.32. The number of nitrogens with zero attached hydrogens (tertiary/aromatic N) is 1. The van der Waals surface area contributed by atoms with Crippen molar-refractivity contribution in [1.29, 1.82) is 0 Å². The van der Waals surface area contributed by atoms with Gasteiger partial charge in [-0.25, -0.2) is 9.69 Å². The van der Waals surface area contributed by atoms with Gasteiger partial charge < -0.3 is 14.2 Å². The Morgan fingerprint density at radius 2 is 1.33 bits per heavy atom. The number of urea groups is 1. The molecule has 0 saturated carbocycles. The molecule has 43 heavy (non-hydrogen) atoms. The first-order valence-corrected chi connectivity index (χ1v) is 14.1. The molecule has 1 saturated heterocycles. The zero-order valence-corrected chi connectivity index (χ0v) is 24.5. The molecule has 0 atom stereocenters. The number of amides is 4. The van der Waals surface area contributed by atoms with Crippen molar-refractivity contribution in [1.82, 2.24) is 5.32 Å². The molecule has 5 rings (SSSR count). The van der Waals surface area contributed by atoms with Crippen LogP contribution in [0.5, 0.6) is 17.2 Å². The number of barbiturate groups is 1. The van der Waals surface area contributed by atoms with Gasteiger partial charge in [-0.15, -0.1) is 0 Å². The molecule has 0 aromatic heterocycles. The molecule has 8 nitrogen and oxygen atoms in total. The van der Waals surface area contributed by atoms with E-state index in [0.29, 0.717) is 52.7 Å². The summed E-state index contributed by atoms with van der Waals surface area (Å²) >= 11 is 11.9. The second-order valence-electron chi connectivity index (χ2n) is 9.42. The number of benzene rings is 4. The van der Waals surface area contributed by atoms with E-state index in [2.05, 4.69) is 5.32 Å². The predicted molar refractivity (Wildman–Crippen MR) is 165 cm³/mol. The zero-order valence-electron chi connectivity index (χ0n) is 23.0. The van der Waals surface area contributed by atoms with Gasteiger partial charge in [0, 0.05) is 10.0 Å². The highest BCUT2D eigenvalue weighted by Crippen LogP contribution is 2.31. The van der Waals surface area contributed by atoms with Crippen molar-refractivity contribution in [3.05, 3.63) is 123 Å². The van der Waals surface area contributed by atoms with Gasteiger partial charge in [-0.2, -0.15) is 0 Å². The van der Waals surface area contributed by atoms with E-state index in [-0.39, 0.29) is 11.3 Å². The van der Waals surface area contributed by atoms with Gasteiger partial charge in [0.25, 0.3) is 11.8 Å².